The Labute approximate surface area is 421 Å². The van der Waals surface area contributed by atoms with E-state index in [1.54, 1.807) is 11.1 Å². The number of hydrogen-bond donors (Lipinski definition) is 1. The second kappa shape index (κ2) is 33.1. The summed E-state index contributed by atoms with van der Waals surface area (Å²) in [6.07, 6.45) is 46.8. The molecule has 68 heavy (non-hydrogen) atoms. The molecule has 0 aromatic heterocycles. The van der Waals surface area contributed by atoms with Gasteiger partial charge in [0.05, 0.1) is 0 Å². The van der Waals surface area contributed by atoms with Crippen molar-refractivity contribution in [3.05, 3.63) is 23.3 Å². The van der Waals surface area contributed by atoms with Gasteiger partial charge < -0.3 is 19.5 Å². The van der Waals surface area contributed by atoms with Gasteiger partial charge in [0, 0.05) is 25.9 Å². The predicted molar refractivity (Wildman–Crippen MR) is 288 cm³/mol. The van der Waals surface area contributed by atoms with Crippen molar-refractivity contribution >= 4 is 11.9 Å². The lowest BCUT2D eigenvalue weighted by Gasteiger charge is -2.55. The first kappa shape index (κ1) is 58.9. The third-order valence-electron chi connectivity index (χ3n) is 18.2. The van der Waals surface area contributed by atoms with Crippen molar-refractivity contribution < 1.29 is 24.2 Å². The number of nitrogens with zero attached hydrogens (tertiary/aromatic N) is 1. The second-order valence-corrected chi connectivity index (χ2v) is 24.1. The highest BCUT2D eigenvalue weighted by Gasteiger charge is 2.57. The van der Waals surface area contributed by atoms with Gasteiger partial charge in [0.2, 0.25) is 0 Å². The van der Waals surface area contributed by atoms with E-state index in [-0.39, 0.29) is 36.2 Å². The van der Waals surface area contributed by atoms with Gasteiger partial charge in [-0.15, -0.1) is 0 Å². The van der Waals surface area contributed by atoms with E-state index in [2.05, 4.69) is 65.5 Å². The van der Waals surface area contributed by atoms with Crippen molar-refractivity contribution in [1.29, 1.82) is 0 Å². The Balaban J connectivity index is 1.09. The summed E-state index contributed by atoms with van der Waals surface area (Å²) in [5.41, 5.74) is 4.00. The molecule has 3 saturated carbocycles. The lowest BCUT2D eigenvalue weighted by atomic mass is 9.50. The van der Waals surface area contributed by atoms with Gasteiger partial charge in [-0.2, -0.15) is 0 Å². The molecule has 7 atom stereocenters. The van der Waals surface area contributed by atoms with Crippen molar-refractivity contribution in [3.8, 4) is 0 Å². The Morgan fingerprint density at radius 1 is 0.618 bits per heavy atom. The quantitative estimate of drug-likeness (QED) is 0.0489. The summed E-state index contributed by atoms with van der Waals surface area (Å²) in [4.78, 5) is 28.6. The van der Waals surface area contributed by atoms with E-state index >= 15 is 0 Å². The predicted octanol–water partition coefficient (Wildman–Crippen LogP) is 17.2. The summed E-state index contributed by atoms with van der Waals surface area (Å²) in [5.74, 6) is 3.93. The number of fused-ring (bicyclic) bond motifs is 5. The van der Waals surface area contributed by atoms with Gasteiger partial charge in [0.1, 0.15) is 12.2 Å². The Hall–Kier alpha value is -1.66. The molecule has 4 rings (SSSR count). The molecule has 6 heteroatoms. The highest BCUT2D eigenvalue weighted by Crippen LogP contribution is 2.66. The average molecular weight is 951 g/mol. The number of carbonyl (C=O) groups excluding carboxylic acids is 2. The fraction of sp³-hybridized carbons (Fsp3) is 0.903. The molecule has 4 aliphatic carbocycles. The minimum atomic E-state index is -0.000712. The van der Waals surface area contributed by atoms with Crippen LogP contribution in [-0.2, 0) is 19.1 Å². The molecule has 0 bridgehead atoms. The number of unbranched alkanes of at least 4 members (excludes halogenated alkanes) is 17. The molecule has 1 N–H and O–H groups in total. The maximum Gasteiger partial charge on any atom is 0.306 e. The van der Waals surface area contributed by atoms with Gasteiger partial charge in [0.15, 0.2) is 0 Å². The van der Waals surface area contributed by atoms with Crippen LogP contribution in [0.25, 0.3) is 0 Å². The fourth-order valence-electron chi connectivity index (χ4n) is 13.8. The summed E-state index contributed by atoms with van der Waals surface area (Å²) < 4.78 is 12.3. The maximum atomic E-state index is 13.1. The Bertz CT molecular complexity index is 1420. The third kappa shape index (κ3) is 20.1. The highest BCUT2D eigenvalue weighted by atomic mass is 16.5. The SMILES string of the molecule is CCCCCCCCC(CCCCCCCC)OC(=O)CCCCCCN(CCCCO)CCCCCCC(=O)OC1CCC2(C)C(=CC=C3C2CCC2(C)C3CCC2C(C)CCCC(C)C)C1. The normalized spacial score (nSPS) is 25.0. The zero-order valence-corrected chi connectivity index (χ0v) is 46.0. The number of esters is 2. The van der Waals surface area contributed by atoms with Gasteiger partial charge in [-0.3, -0.25) is 9.59 Å². The standard InChI is InChI=1S/C62H111NO5/c1-8-10-12-14-16-22-33-53(34-23-17-15-13-11-9-2)67-59(65)35-24-18-20-26-45-63(47-28-29-48-64)46-27-21-19-25-36-60(66)68-54-41-43-61(6)52(49-54)37-38-55-57-40-39-56(51(5)32-30-31-50(3)4)62(57,7)44-42-58(55)61/h37-38,50-51,53-54,56-58,64H,8-36,39-49H2,1-7H3. The molecule has 0 saturated heterocycles. The molecule has 0 radical (unpaired) electrons. The number of aliphatic hydroxyl groups excluding tert-OH is 1. The highest BCUT2D eigenvalue weighted by molar-refractivity contribution is 5.70. The van der Waals surface area contributed by atoms with Crippen LogP contribution in [0.5, 0.6) is 0 Å². The fourth-order valence-corrected chi connectivity index (χ4v) is 13.8. The molecule has 0 aromatic carbocycles. The molecule has 3 fully saturated rings. The molecule has 394 valence electrons. The van der Waals surface area contributed by atoms with E-state index in [0.29, 0.717) is 24.2 Å². The van der Waals surface area contributed by atoms with Crippen LogP contribution in [0.2, 0.25) is 0 Å². The van der Waals surface area contributed by atoms with Crippen LogP contribution in [0.3, 0.4) is 0 Å². The van der Waals surface area contributed by atoms with E-state index in [1.165, 1.54) is 122 Å². The monoisotopic (exact) mass is 950 g/mol. The topological polar surface area (TPSA) is 76.1 Å². The third-order valence-corrected chi connectivity index (χ3v) is 18.2. The minimum absolute atomic E-state index is 0.000712. The number of aliphatic hydroxyl groups is 1. The number of ether oxygens (including phenoxy) is 2. The largest absolute Gasteiger partial charge is 0.462 e. The van der Waals surface area contributed by atoms with Crippen LogP contribution < -0.4 is 0 Å². The number of hydrogen-bond acceptors (Lipinski definition) is 6. The van der Waals surface area contributed by atoms with Crippen LogP contribution in [0.15, 0.2) is 23.3 Å². The molecule has 0 spiro atoms. The first-order chi connectivity index (χ1) is 32.9. The molecular weight excluding hydrogens is 839 g/mol. The van der Waals surface area contributed by atoms with Gasteiger partial charge in [-0.1, -0.05) is 181 Å². The van der Waals surface area contributed by atoms with E-state index in [4.69, 9.17) is 9.47 Å². The Morgan fingerprint density at radius 3 is 1.81 bits per heavy atom. The molecule has 0 heterocycles. The lowest BCUT2D eigenvalue weighted by Crippen LogP contribution is -2.46. The van der Waals surface area contributed by atoms with Gasteiger partial charge >= 0.3 is 11.9 Å². The summed E-state index contributed by atoms with van der Waals surface area (Å²) in [6.45, 7) is 20.5. The van der Waals surface area contributed by atoms with E-state index in [0.717, 1.165) is 140 Å². The van der Waals surface area contributed by atoms with Crippen molar-refractivity contribution in [2.24, 2.45) is 40.4 Å². The molecule has 7 unspecified atom stereocenters. The average Bonchev–Trinajstić information content (AvgIpc) is 3.68. The van der Waals surface area contributed by atoms with Crippen molar-refractivity contribution in [3.63, 3.8) is 0 Å². The lowest BCUT2D eigenvalue weighted by molar-refractivity contribution is -0.151. The Morgan fingerprint density at radius 2 is 1.19 bits per heavy atom. The second-order valence-electron chi connectivity index (χ2n) is 24.1. The Kier molecular flexibility index (Phi) is 28.7. The van der Waals surface area contributed by atoms with E-state index < -0.39 is 0 Å². The summed E-state index contributed by atoms with van der Waals surface area (Å²) in [5, 5.41) is 9.43. The van der Waals surface area contributed by atoms with Gasteiger partial charge in [-0.25, -0.2) is 0 Å². The van der Waals surface area contributed by atoms with Crippen LogP contribution in [0, 0.1) is 40.4 Å². The van der Waals surface area contributed by atoms with Gasteiger partial charge in [-0.05, 0) is 163 Å². The first-order valence-corrected chi connectivity index (χ1v) is 30.1. The molecule has 0 amide bonds. The number of rotatable bonds is 39. The summed E-state index contributed by atoms with van der Waals surface area (Å²) in [6, 6.07) is 0. The van der Waals surface area contributed by atoms with Crippen LogP contribution >= 0.6 is 0 Å². The molecule has 4 aliphatic rings. The van der Waals surface area contributed by atoms with Crippen molar-refractivity contribution in [2.75, 3.05) is 26.2 Å². The molecule has 0 aliphatic heterocycles. The number of allylic oxidation sites excluding steroid dienone is 3. The summed E-state index contributed by atoms with van der Waals surface area (Å²) in [7, 11) is 0. The molecule has 6 nitrogen and oxygen atoms in total. The smallest absolute Gasteiger partial charge is 0.306 e. The van der Waals surface area contributed by atoms with Crippen molar-refractivity contribution in [2.45, 2.75) is 292 Å². The van der Waals surface area contributed by atoms with Crippen LogP contribution in [-0.4, -0.2) is 60.4 Å². The van der Waals surface area contributed by atoms with E-state index in [1.807, 2.05) is 0 Å². The number of carbonyl (C=O) groups is 2. The van der Waals surface area contributed by atoms with E-state index in [9.17, 15) is 14.7 Å². The molecular formula is C62H111NO5. The van der Waals surface area contributed by atoms with Gasteiger partial charge in [0.25, 0.3) is 0 Å². The summed E-state index contributed by atoms with van der Waals surface area (Å²) >= 11 is 0. The van der Waals surface area contributed by atoms with Crippen LogP contribution in [0.1, 0.15) is 280 Å². The zero-order chi connectivity index (χ0) is 49.0. The molecule has 0 aromatic rings. The minimum Gasteiger partial charge on any atom is -0.462 e. The van der Waals surface area contributed by atoms with Crippen LogP contribution in [0.4, 0.5) is 0 Å². The first-order valence-electron chi connectivity index (χ1n) is 30.1. The zero-order valence-electron chi connectivity index (χ0n) is 46.0. The maximum absolute atomic E-state index is 13.1. The van der Waals surface area contributed by atoms with Crippen molar-refractivity contribution in [1.82, 2.24) is 4.90 Å².